The van der Waals surface area contributed by atoms with Crippen LogP contribution in [0.15, 0.2) is 36.7 Å². The summed E-state index contributed by atoms with van der Waals surface area (Å²) >= 11 is 0. The van der Waals surface area contributed by atoms with E-state index >= 15 is 0 Å². The fraction of sp³-hybridized carbons (Fsp3) is 0.478. The van der Waals surface area contributed by atoms with Crippen LogP contribution in [0.1, 0.15) is 53.8 Å². The van der Waals surface area contributed by atoms with Crippen LogP contribution in [-0.4, -0.2) is 51.9 Å². The highest BCUT2D eigenvalue weighted by Crippen LogP contribution is 2.36. The fourth-order valence-electron chi connectivity index (χ4n) is 4.75. The molecule has 7 heteroatoms. The molecule has 1 N–H and O–H groups in total. The number of benzene rings is 1. The normalized spacial score (nSPS) is 22.6. The number of carbonyl (C=O) groups is 2. The standard InChI is InChI=1S/C23H28N4O3/c1-15-13-25-20(14-24-15)23(29)26-17-11-18-8-9-19(12-17)27(18)22(28)10-7-16-5-3-4-6-21(16)30-2/h3-6,13-14,17-19H,7-12H2,1-2H3,(H,26,29)/t17?,18-,19+. The van der Waals surface area contributed by atoms with Crippen LogP contribution in [0.5, 0.6) is 5.75 Å². The first-order valence-corrected chi connectivity index (χ1v) is 10.6. The van der Waals surface area contributed by atoms with Crippen LogP contribution >= 0.6 is 0 Å². The van der Waals surface area contributed by atoms with Gasteiger partial charge < -0.3 is 15.0 Å². The Kier molecular flexibility index (Phi) is 5.97. The number of ether oxygens (including phenoxy) is 1. The highest BCUT2D eigenvalue weighted by molar-refractivity contribution is 5.92. The third-order valence-corrected chi connectivity index (χ3v) is 6.17. The molecule has 1 aromatic carbocycles. The minimum absolute atomic E-state index is 0.0661. The minimum Gasteiger partial charge on any atom is -0.496 e. The molecule has 2 saturated heterocycles. The van der Waals surface area contributed by atoms with E-state index < -0.39 is 0 Å². The molecule has 0 radical (unpaired) electrons. The van der Waals surface area contributed by atoms with Gasteiger partial charge in [-0.05, 0) is 50.7 Å². The SMILES string of the molecule is COc1ccccc1CCC(=O)N1[C@@H]2CC[C@H]1CC(NC(=O)c1cnc(C)cn1)C2. The van der Waals surface area contributed by atoms with Crippen molar-refractivity contribution in [3.05, 3.63) is 53.6 Å². The summed E-state index contributed by atoms with van der Waals surface area (Å²) in [7, 11) is 1.65. The molecule has 0 saturated carbocycles. The summed E-state index contributed by atoms with van der Waals surface area (Å²) in [5.74, 6) is 0.833. The number of aryl methyl sites for hydroxylation is 2. The van der Waals surface area contributed by atoms with Gasteiger partial charge in [-0.15, -0.1) is 0 Å². The molecule has 1 unspecified atom stereocenters. The predicted molar refractivity (Wildman–Crippen MR) is 112 cm³/mol. The number of aromatic nitrogens is 2. The molecule has 2 aliphatic rings. The number of carbonyl (C=O) groups excluding carboxylic acids is 2. The minimum atomic E-state index is -0.192. The summed E-state index contributed by atoms with van der Waals surface area (Å²) in [6, 6.07) is 8.31. The van der Waals surface area contributed by atoms with Gasteiger partial charge in [0.2, 0.25) is 5.91 Å². The molecule has 2 aliphatic heterocycles. The molecule has 2 fully saturated rings. The van der Waals surface area contributed by atoms with Crippen LogP contribution in [0.2, 0.25) is 0 Å². The Morgan fingerprint density at radius 2 is 1.87 bits per heavy atom. The van der Waals surface area contributed by atoms with E-state index in [4.69, 9.17) is 4.74 Å². The van der Waals surface area contributed by atoms with Crippen molar-refractivity contribution in [1.82, 2.24) is 20.2 Å². The molecule has 4 rings (SSSR count). The average Bonchev–Trinajstić information content (AvgIpc) is 3.03. The van der Waals surface area contributed by atoms with Crippen molar-refractivity contribution in [2.24, 2.45) is 0 Å². The van der Waals surface area contributed by atoms with E-state index in [9.17, 15) is 9.59 Å². The Bertz CT molecular complexity index is 901. The first kappa shape index (κ1) is 20.3. The van der Waals surface area contributed by atoms with Gasteiger partial charge in [-0.2, -0.15) is 0 Å². The van der Waals surface area contributed by atoms with E-state index in [1.807, 2.05) is 31.2 Å². The predicted octanol–water partition coefficient (Wildman–Crippen LogP) is 2.68. The van der Waals surface area contributed by atoms with Crippen molar-refractivity contribution in [3.63, 3.8) is 0 Å². The van der Waals surface area contributed by atoms with E-state index in [1.165, 1.54) is 6.20 Å². The molecular weight excluding hydrogens is 380 g/mol. The lowest BCUT2D eigenvalue weighted by Crippen LogP contribution is -2.52. The zero-order chi connectivity index (χ0) is 21.1. The Hall–Kier alpha value is -2.96. The Morgan fingerprint density at radius 1 is 1.13 bits per heavy atom. The number of nitrogens with one attached hydrogen (secondary N) is 1. The van der Waals surface area contributed by atoms with E-state index in [2.05, 4.69) is 20.2 Å². The van der Waals surface area contributed by atoms with Crippen molar-refractivity contribution < 1.29 is 14.3 Å². The van der Waals surface area contributed by atoms with Crippen molar-refractivity contribution in [1.29, 1.82) is 0 Å². The topological polar surface area (TPSA) is 84.4 Å². The van der Waals surface area contributed by atoms with Crippen molar-refractivity contribution in [3.8, 4) is 5.75 Å². The molecule has 2 amide bonds. The monoisotopic (exact) mass is 408 g/mol. The molecule has 0 spiro atoms. The van der Waals surface area contributed by atoms with Gasteiger partial charge in [0.05, 0.1) is 19.0 Å². The number of rotatable bonds is 6. The van der Waals surface area contributed by atoms with Gasteiger partial charge in [-0.25, -0.2) is 4.98 Å². The first-order valence-electron chi connectivity index (χ1n) is 10.6. The van der Waals surface area contributed by atoms with Crippen LogP contribution < -0.4 is 10.1 Å². The second-order valence-corrected chi connectivity index (χ2v) is 8.18. The molecule has 3 heterocycles. The molecule has 2 bridgehead atoms. The van der Waals surface area contributed by atoms with Gasteiger partial charge in [0.15, 0.2) is 0 Å². The highest BCUT2D eigenvalue weighted by atomic mass is 16.5. The number of hydrogen-bond acceptors (Lipinski definition) is 5. The molecule has 1 aromatic heterocycles. The van der Waals surface area contributed by atoms with Crippen LogP contribution in [0.4, 0.5) is 0 Å². The molecule has 158 valence electrons. The number of methoxy groups -OCH3 is 1. The highest BCUT2D eigenvalue weighted by Gasteiger charge is 2.43. The third-order valence-electron chi connectivity index (χ3n) is 6.17. The summed E-state index contributed by atoms with van der Waals surface area (Å²) in [6.07, 6.45) is 7.85. The average molecular weight is 409 g/mol. The Labute approximate surface area is 176 Å². The summed E-state index contributed by atoms with van der Waals surface area (Å²) in [4.78, 5) is 35.9. The van der Waals surface area contributed by atoms with Gasteiger partial charge in [0.25, 0.3) is 5.91 Å². The quantitative estimate of drug-likeness (QED) is 0.794. The summed E-state index contributed by atoms with van der Waals surface area (Å²) < 4.78 is 5.40. The maximum Gasteiger partial charge on any atom is 0.271 e. The van der Waals surface area contributed by atoms with E-state index in [0.29, 0.717) is 18.5 Å². The second kappa shape index (κ2) is 8.81. The molecule has 3 atom stereocenters. The van der Waals surface area contributed by atoms with Crippen LogP contribution in [0.3, 0.4) is 0 Å². The zero-order valence-corrected chi connectivity index (χ0v) is 17.5. The van der Waals surface area contributed by atoms with E-state index in [0.717, 1.165) is 42.7 Å². The maximum absolute atomic E-state index is 13.0. The number of piperidine rings is 1. The Morgan fingerprint density at radius 3 is 2.53 bits per heavy atom. The lowest BCUT2D eigenvalue weighted by Gasteiger charge is -2.39. The fourth-order valence-corrected chi connectivity index (χ4v) is 4.75. The van der Waals surface area contributed by atoms with E-state index in [-0.39, 0.29) is 29.9 Å². The summed E-state index contributed by atoms with van der Waals surface area (Å²) in [5, 5.41) is 3.09. The number of fused-ring (bicyclic) bond motifs is 2. The van der Waals surface area contributed by atoms with Crippen molar-refractivity contribution in [2.45, 2.75) is 63.6 Å². The molecule has 30 heavy (non-hydrogen) atoms. The van der Waals surface area contributed by atoms with Crippen molar-refractivity contribution >= 4 is 11.8 Å². The van der Waals surface area contributed by atoms with E-state index in [1.54, 1.807) is 13.3 Å². The molecule has 0 aliphatic carbocycles. The number of nitrogens with zero attached hydrogens (tertiary/aromatic N) is 3. The van der Waals surface area contributed by atoms with Crippen LogP contribution in [0, 0.1) is 6.92 Å². The summed E-state index contributed by atoms with van der Waals surface area (Å²) in [6.45, 7) is 1.84. The van der Waals surface area contributed by atoms with Crippen LogP contribution in [0.25, 0.3) is 0 Å². The van der Waals surface area contributed by atoms with Gasteiger partial charge in [-0.1, -0.05) is 18.2 Å². The number of amides is 2. The largest absolute Gasteiger partial charge is 0.496 e. The molecule has 7 nitrogen and oxygen atoms in total. The van der Waals surface area contributed by atoms with Gasteiger partial charge in [0, 0.05) is 30.7 Å². The first-order chi connectivity index (χ1) is 14.5. The smallest absolute Gasteiger partial charge is 0.271 e. The van der Waals surface area contributed by atoms with Crippen LogP contribution in [-0.2, 0) is 11.2 Å². The Balaban J connectivity index is 1.34. The third kappa shape index (κ3) is 4.30. The van der Waals surface area contributed by atoms with Gasteiger partial charge in [0.1, 0.15) is 11.4 Å². The van der Waals surface area contributed by atoms with Crippen molar-refractivity contribution in [2.75, 3.05) is 7.11 Å². The maximum atomic E-state index is 13.0. The second-order valence-electron chi connectivity index (χ2n) is 8.18. The molecular formula is C23H28N4O3. The lowest BCUT2D eigenvalue weighted by atomic mass is 9.96. The zero-order valence-electron chi connectivity index (χ0n) is 17.5. The summed E-state index contributed by atoms with van der Waals surface area (Å²) in [5.41, 5.74) is 2.18. The molecule has 2 aromatic rings. The van der Waals surface area contributed by atoms with Gasteiger partial charge >= 0.3 is 0 Å². The van der Waals surface area contributed by atoms with Gasteiger partial charge in [-0.3, -0.25) is 14.6 Å². The number of para-hydroxylation sites is 1. The lowest BCUT2D eigenvalue weighted by molar-refractivity contribution is -0.135. The number of hydrogen-bond donors (Lipinski definition) is 1.